The molecule has 0 spiro atoms. The van der Waals surface area contributed by atoms with Crippen LogP contribution in [0.5, 0.6) is 5.75 Å². The number of urea groups is 1. The zero-order valence-corrected chi connectivity index (χ0v) is 16.5. The molecule has 0 saturated carbocycles. The molecule has 0 fully saturated rings. The summed E-state index contributed by atoms with van der Waals surface area (Å²) in [5.74, 6) is 0.854. The summed E-state index contributed by atoms with van der Waals surface area (Å²) in [6.45, 7) is 7.69. The second-order valence-corrected chi connectivity index (χ2v) is 7.78. The van der Waals surface area contributed by atoms with E-state index in [1.165, 1.54) is 5.56 Å². The summed E-state index contributed by atoms with van der Waals surface area (Å²) in [5, 5.41) is 5.61. The Hall–Kier alpha value is -2.01. The third-order valence-electron chi connectivity index (χ3n) is 3.70. The monoisotopic (exact) mass is 404 g/mol. The molecule has 4 nitrogen and oxygen atoms in total. The van der Waals surface area contributed by atoms with Gasteiger partial charge in [-0.1, -0.05) is 48.8 Å². The van der Waals surface area contributed by atoms with Crippen LogP contribution in [-0.2, 0) is 5.41 Å². The number of hydrogen-bond acceptors (Lipinski definition) is 2. The first-order valence-corrected chi connectivity index (χ1v) is 9.18. The Kier molecular flexibility index (Phi) is 6.88. The SMILES string of the molecule is CC(C)(C)c1ccc(OCCCNC(=O)Nc2ccc(Br)cc2)cc1. The third kappa shape index (κ3) is 6.78. The van der Waals surface area contributed by atoms with Crippen molar-refractivity contribution in [2.45, 2.75) is 32.6 Å². The second kappa shape index (κ2) is 8.90. The molecule has 0 radical (unpaired) electrons. The van der Waals surface area contributed by atoms with Gasteiger partial charge in [0.15, 0.2) is 0 Å². The second-order valence-electron chi connectivity index (χ2n) is 6.86. The van der Waals surface area contributed by atoms with Crippen LogP contribution in [-0.4, -0.2) is 19.2 Å². The molecular weight excluding hydrogens is 380 g/mol. The molecule has 2 rings (SSSR count). The van der Waals surface area contributed by atoms with Gasteiger partial charge in [-0.2, -0.15) is 0 Å². The van der Waals surface area contributed by atoms with Crippen molar-refractivity contribution in [3.63, 3.8) is 0 Å². The molecule has 0 aliphatic heterocycles. The van der Waals surface area contributed by atoms with Gasteiger partial charge in [0, 0.05) is 16.7 Å². The Morgan fingerprint density at radius 3 is 2.28 bits per heavy atom. The van der Waals surface area contributed by atoms with Crippen LogP contribution in [0.1, 0.15) is 32.8 Å². The van der Waals surface area contributed by atoms with Crippen LogP contribution in [0.25, 0.3) is 0 Å². The minimum atomic E-state index is -0.211. The lowest BCUT2D eigenvalue weighted by Gasteiger charge is -2.19. The fourth-order valence-electron chi connectivity index (χ4n) is 2.22. The van der Waals surface area contributed by atoms with Crippen molar-refractivity contribution in [1.82, 2.24) is 5.32 Å². The number of nitrogens with one attached hydrogen (secondary N) is 2. The predicted octanol–water partition coefficient (Wildman–Crippen LogP) is 5.34. The standard InChI is InChI=1S/C20H25BrN2O2/c1-20(2,3)15-5-11-18(12-6-15)25-14-4-13-22-19(24)23-17-9-7-16(21)8-10-17/h5-12H,4,13-14H2,1-3H3,(H2,22,23,24). The van der Waals surface area contributed by atoms with Gasteiger partial charge in [0.25, 0.3) is 0 Å². The van der Waals surface area contributed by atoms with Gasteiger partial charge in [-0.25, -0.2) is 4.79 Å². The van der Waals surface area contributed by atoms with E-state index in [1.807, 2.05) is 36.4 Å². The molecule has 0 aromatic heterocycles. The van der Waals surface area contributed by atoms with E-state index in [2.05, 4.69) is 59.5 Å². The molecule has 0 aliphatic carbocycles. The summed E-state index contributed by atoms with van der Waals surface area (Å²) < 4.78 is 6.69. The molecule has 2 aromatic carbocycles. The molecule has 0 heterocycles. The van der Waals surface area contributed by atoms with Crippen LogP contribution in [0, 0.1) is 0 Å². The van der Waals surface area contributed by atoms with Gasteiger partial charge in [0.2, 0.25) is 0 Å². The molecule has 0 saturated heterocycles. The summed E-state index contributed by atoms with van der Waals surface area (Å²) >= 11 is 3.36. The molecule has 2 aromatic rings. The van der Waals surface area contributed by atoms with Gasteiger partial charge >= 0.3 is 6.03 Å². The molecule has 0 unspecified atom stereocenters. The summed E-state index contributed by atoms with van der Waals surface area (Å²) in [6.07, 6.45) is 0.745. The highest BCUT2D eigenvalue weighted by molar-refractivity contribution is 9.10. The minimum Gasteiger partial charge on any atom is -0.494 e. The lowest BCUT2D eigenvalue weighted by Crippen LogP contribution is -2.30. The van der Waals surface area contributed by atoms with Gasteiger partial charge in [-0.05, 0) is 53.8 Å². The van der Waals surface area contributed by atoms with Crippen molar-refractivity contribution < 1.29 is 9.53 Å². The average molecular weight is 405 g/mol. The fraction of sp³-hybridized carbons (Fsp3) is 0.350. The molecule has 134 valence electrons. The fourth-order valence-corrected chi connectivity index (χ4v) is 2.49. The molecule has 2 amide bonds. The van der Waals surface area contributed by atoms with E-state index in [9.17, 15) is 4.79 Å². The highest BCUT2D eigenvalue weighted by Gasteiger charge is 2.12. The number of carbonyl (C=O) groups is 1. The van der Waals surface area contributed by atoms with E-state index >= 15 is 0 Å². The number of carbonyl (C=O) groups excluding carboxylic acids is 1. The summed E-state index contributed by atoms with van der Waals surface area (Å²) in [4.78, 5) is 11.8. The molecule has 0 aliphatic rings. The largest absolute Gasteiger partial charge is 0.494 e. The van der Waals surface area contributed by atoms with Crippen LogP contribution >= 0.6 is 15.9 Å². The van der Waals surface area contributed by atoms with Crippen molar-refractivity contribution in [2.75, 3.05) is 18.5 Å². The highest BCUT2D eigenvalue weighted by Crippen LogP contribution is 2.24. The zero-order valence-electron chi connectivity index (χ0n) is 14.9. The topological polar surface area (TPSA) is 50.4 Å². The Morgan fingerprint density at radius 2 is 1.68 bits per heavy atom. The van der Waals surface area contributed by atoms with Crippen molar-refractivity contribution in [3.8, 4) is 5.75 Å². The van der Waals surface area contributed by atoms with Crippen molar-refractivity contribution >= 4 is 27.6 Å². The summed E-state index contributed by atoms with van der Waals surface area (Å²) in [5.41, 5.74) is 2.19. The molecule has 0 atom stereocenters. The first-order valence-electron chi connectivity index (χ1n) is 8.38. The minimum absolute atomic E-state index is 0.143. The van der Waals surface area contributed by atoms with Gasteiger partial charge in [0.1, 0.15) is 5.75 Å². The predicted molar refractivity (Wildman–Crippen MR) is 106 cm³/mol. The lowest BCUT2D eigenvalue weighted by molar-refractivity contribution is 0.250. The number of ether oxygens (including phenoxy) is 1. The number of hydrogen-bond donors (Lipinski definition) is 2. The Morgan fingerprint density at radius 1 is 1.04 bits per heavy atom. The van der Waals surface area contributed by atoms with Gasteiger partial charge in [-0.15, -0.1) is 0 Å². The molecule has 0 bridgehead atoms. The van der Waals surface area contributed by atoms with Crippen LogP contribution in [0.4, 0.5) is 10.5 Å². The lowest BCUT2D eigenvalue weighted by atomic mass is 9.87. The van der Waals surface area contributed by atoms with Crippen LogP contribution in [0.3, 0.4) is 0 Å². The zero-order chi connectivity index (χ0) is 18.3. The van der Waals surface area contributed by atoms with E-state index < -0.39 is 0 Å². The molecule has 25 heavy (non-hydrogen) atoms. The van der Waals surface area contributed by atoms with Gasteiger partial charge in [-0.3, -0.25) is 0 Å². The van der Waals surface area contributed by atoms with Crippen LogP contribution in [0.2, 0.25) is 0 Å². The quantitative estimate of drug-likeness (QED) is 0.638. The van der Waals surface area contributed by atoms with Crippen molar-refractivity contribution in [2.24, 2.45) is 0 Å². The maximum atomic E-state index is 11.8. The number of benzene rings is 2. The van der Waals surface area contributed by atoms with Crippen LogP contribution in [0.15, 0.2) is 53.0 Å². The molecular formula is C20H25BrN2O2. The normalized spacial score (nSPS) is 11.0. The van der Waals surface area contributed by atoms with Gasteiger partial charge in [0.05, 0.1) is 6.61 Å². The van der Waals surface area contributed by atoms with E-state index in [0.29, 0.717) is 13.2 Å². The first kappa shape index (κ1) is 19.3. The number of amides is 2. The van der Waals surface area contributed by atoms with Crippen LogP contribution < -0.4 is 15.4 Å². The first-order chi connectivity index (χ1) is 11.8. The number of halogens is 1. The molecule has 2 N–H and O–H groups in total. The van der Waals surface area contributed by atoms with Crippen molar-refractivity contribution in [3.05, 3.63) is 58.6 Å². The Labute approximate surface area is 158 Å². The van der Waals surface area contributed by atoms with E-state index in [4.69, 9.17) is 4.74 Å². The maximum absolute atomic E-state index is 11.8. The maximum Gasteiger partial charge on any atom is 0.319 e. The number of anilines is 1. The Balaban J connectivity index is 1.64. The average Bonchev–Trinajstić information content (AvgIpc) is 2.56. The summed E-state index contributed by atoms with van der Waals surface area (Å²) in [7, 11) is 0. The summed E-state index contributed by atoms with van der Waals surface area (Å²) in [6, 6.07) is 15.4. The van der Waals surface area contributed by atoms with Crippen molar-refractivity contribution in [1.29, 1.82) is 0 Å². The number of rotatable bonds is 6. The molecule has 5 heteroatoms. The van der Waals surface area contributed by atoms with E-state index in [0.717, 1.165) is 22.3 Å². The third-order valence-corrected chi connectivity index (χ3v) is 4.23. The smallest absolute Gasteiger partial charge is 0.319 e. The van der Waals surface area contributed by atoms with Gasteiger partial charge < -0.3 is 15.4 Å². The Bertz CT molecular complexity index is 676. The van der Waals surface area contributed by atoms with E-state index in [-0.39, 0.29) is 11.4 Å². The highest BCUT2D eigenvalue weighted by atomic mass is 79.9. The van der Waals surface area contributed by atoms with E-state index in [1.54, 1.807) is 0 Å².